The number of nitrogens with zero attached hydrogens (tertiary/aromatic N) is 2. The zero-order chi connectivity index (χ0) is 24.9. The predicted octanol–water partition coefficient (Wildman–Crippen LogP) is 6.01. The molecule has 6 heteroatoms. The van der Waals surface area contributed by atoms with Gasteiger partial charge in [-0.25, -0.2) is 4.39 Å². The molecule has 0 N–H and O–H groups in total. The van der Waals surface area contributed by atoms with Crippen molar-refractivity contribution in [2.75, 3.05) is 39.5 Å². The summed E-state index contributed by atoms with van der Waals surface area (Å²) in [7, 11) is 0. The Morgan fingerprint density at radius 1 is 0.861 bits per heavy atom. The first-order valence-electron chi connectivity index (χ1n) is 12.9. The van der Waals surface area contributed by atoms with Gasteiger partial charge in [0.15, 0.2) is 11.5 Å². The summed E-state index contributed by atoms with van der Waals surface area (Å²) in [5.74, 6) is 2.73. The molecule has 1 atom stereocenters. The van der Waals surface area contributed by atoms with Gasteiger partial charge in [-0.1, -0.05) is 50.2 Å². The standard InChI is InChI=1S/C30H35FN2O3/c1-22(2)26-5-3-4-6-28(26)36-27(24-8-10-25(31)11-9-24)13-14-32-15-17-33(18-16-32)20-23-7-12-29-30(19-23)35-21-34-29/h3-12,19,22,27H,13-18,20-21H2,1-2H3. The second-order valence-electron chi connectivity index (χ2n) is 9.94. The van der Waals surface area contributed by atoms with Gasteiger partial charge in [0.1, 0.15) is 17.7 Å². The number of rotatable bonds is 9. The second-order valence-corrected chi connectivity index (χ2v) is 9.94. The molecular formula is C30H35FN2O3. The van der Waals surface area contributed by atoms with Gasteiger partial charge in [-0.15, -0.1) is 0 Å². The van der Waals surface area contributed by atoms with Crippen LogP contribution in [0.15, 0.2) is 66.7 Å². The molecule has 0 aromatic heterocycles. The van der Waals surface area contributed by atoms with E-state index in [1.54, 1.807) is 0 Å². The SMILES string of the molecule is CC(C)c1ccccc1OC(CCN1CCN(Cc2ccc3c(c2)OCO3)CC1)c1ccc(F)cc1. The van der Waals surface area contributed by atoms with Crippen LogP contribution in [0.1, 0.15) is 49.0 Å². The molecule has 0 radical (unpaired) electrons. The molecule has 0 aliphatic carbocycles. The molecule has 0 amide bonds. The topological polar surface area (TPSA) is 34.2 Å². The number of hydrogen-bond acceptors (Lipinski definition) is 5. The van der Waals surface area contributed by atoms with Gasteiger partial charge in [0.25, 0.3) is 0 Å². The van der Waals surface area contributed by atoms with Crippen molar-refractivity contribution < 1.29 is 18.6 Å². The molecule has 5 nitrogen and oxygen atoms in total. The van der Waals surface area contributed by atoms with Gasteiger partial charge < -0.3 is 19.1 Å². The van der Waals surface area contributed by atoms with Gasteiger partial charge in [0, 0.05) is 45.7 Å². The fraction of sp³-hybridized carbons (Fsp3) is 0.400. The van der Waals surface area contributed by atoms with E-state index in [1.165, 1.54) is 23.3 Å². The van der Waals surface area contributed by atoms with Crippen LogP contribution >= 0.6 is 0 Å². The van der Waals surface area contributed by atoms with Gasteiger partial charge in [0.2, 0.25) is 6.79 Å². The molecule has 5 rings (SSSR count). The zero-order valence-electron chi connectivity index (χ0n) is 21.2. The zero-order valence-corrected chi connectivity index (χ0v) is 21.2. The van der Waals surface area contributed by atoms with Gasteiger partial charge in [-0.2, -0.15) is 0 Å². The lowest BCUT2D eigenvalue weighted by Gasteiger charge is -2.35. The number of fused-ring (bicyclic) bond motifs is 1. The Morgan fingerprint density at radius 2 is 1.58 bits per heavy atom. The van der Waals surface area contributed by atoms with Gasteiger partial charge in [0.05, 0.1) is 0 Å². The summed E-state index contributed by atoms with van der Waals surface area (Å²) < 4.78 is 31.1. The van der Waals surface area contributed by atoms with E-state index in [1.807, 2.05) is 30.3 Å². The summed E-state index contributed by atoms with van der Waals surface area (Å²) in [4.78, 5) is 4.99. The maximum absolute atomic E-state index is 13.6. The van der Waals surface area contributed by atoms with E-state index in [0.717, 1.165) is 68.5 Å². The highest BCUT2D eigenvalue weighted by Crippen LogP contribution is 2.33. The summed E-state index contributed by atoms with van der Waals surface area (Å²) in [6, 6.07) is 21.2. The highest BCUT2D eigenvalue weighted by atomic mass is 19.1. The lowest BCUT2D eigenvalue weighted by atomic mass is 10.0. The monoisotopic (exact) mass is 490 g/mol. The van der Waals surface area contributed by atoms with Gasteiger partial charge >= 0.3 is 0 Å². The Balaban J connectivity index is 1.18. The predicted molar refractivity (Wildman–Crippen MR) is 139 cm³/mol. The van der Waals surface area contributed by atoms with E-state index < -0.39 is 0 Å². The molecule has 2 aliphatic rings. The molecule has 0 saturated carbocycles. The van der Waals surface area contributed by atoms with Crippen molar-refractivity contribution in [3.63, 3.8) is 0 Å². The molecule has 1 saturated heterocycles. The Kier molecular flexibility index (Phi) is 7.73. The van der Waals surface area contributed by atoms with Crippen LogP contribution in [-0.2, 0) is 6.54 Å². The number of ether oxygens (including phenoxy) is 3. The summed E-state index contributed by atoms with van der Waals surface area (Å²) >= 11 is 0. The Morgan fingerprint density at radius 3 is 2.36 bits per heavy atom. The number of halogens is 1. The fourth-order valence-corrected chi connectivity index (χ4v) is 4.96. The minimum atomic E-state index is -0.223. The first-order valence-corrected chi connectivity index (χ1v) is 12.9. The van der Waals surface area contributed by atoms with Crippen LogP contribution in [0.5, 0.6) is 17.2 Å². The van der Waals surface area contributed by atoms with Crippen molar-refractivity contribution >= 4 is 0 Å². The lowest BCUT2D eigenvalue weighted by molar-refractivity contribution is 0.106. The first kappa shape index (κ1) is 24.6. The van der Waals surface area contributed by atoms with E-state index in [9.17, 15) is 4.39 Å². The molecule has 2 heterocycles. The van der Waals surface area contributed by atoms with Crippen LogP contribution in [0.2, 0.25) is 0 Å². The summed E-state index contributed by atoms with van der Waals surface area (Å²) in [5.41, 5.74) is 3.46. The fourth-order valence-electron chi connectivity index (χ4n) is 4.96. The van der Waals surface area contributed by atoms with Crippen LogP contribution in [0.3, 0.4) is 0 Å². The van der Waals surface area contributed by atoms with E-state index in [0.29, 0.717) is 12.7 Å². The van der Waals surface area contributed by atoms with Crippen molar-refractivity contribution in [1.82, 2.24) is 9.80 Å². The van der Waals surface area contributed by atoms with Crippen LogP contribution in [0.4, 0.5) is 4.39 Å². The summed E-state index contributed by atoms with van der Waals surface area (Å²) in [5, 5.41) is 0. The van der Waals surface area contributed by atoms with Crippen LogP contribution in [0, 0.1) is 5.82 Å². The maximum atomic E-state index is 13.6. The molecule has 36 heavy (non-hydrogen) atoms. The van der Waals surface area contributed by atoms with Crippen LogP contribution in [0.25, 0.3) is 0 Å². The highest BCUT2D eigenvalue weighted by molar-refractivity contribution is 5.44. The van der Waals surface area contributed by atoms with E-state index in [2.05, 4.69) is 47.9 Å². The smallest absolute Gasteiger partial charge is 0.231 e. The van der Waals surface area contributed by atoms with Crippen molar-refractivity contribution in [3.8, 4) is 17.2 Å². The van der Waals surface area contributed by atoms with Crippen LogP contribution < -0.4 is 14.2 Å². The Bertz CT molecular complexity index is 1140. The van der Waals surface area contributed by atoms with E-state index in [-0.39, 0.29) is 11.9 Å². The number of hydrogen-bond donors (Lipinski definition) is 0. The quantitative estimate of drug-likeness (QED) is 0.367. The molecule has 1 fully saturated rings. The maximum Gasteiger partial charge on any atom is 0.231 e. The van der Waals surface area contributed by atoms with Crippen molar-refractivity contribution in [3.05, 3.63) is 89.2 Å². The third-order valence-electron chi connectivity index (χ3n) is 7.07. The molecule has 0 spiro atoms. The second kappa shape index (κ2) is 11.3. The molecule has 1 unspecified atom stereocenters. The van der Waals surface area contributed by atoms with Crippen LogP contribution in [-0.4, -0.2) is 49.3 Å². The van der Waals surface area contributed by atoms with Crippen molar-refractivity contribution in [1.29, 1.82) is 0 Å². The first-order chi connectivity index (χ1) is 17.5. The third kappa shape index (κ3) is 6.00. The lowest BCUT2D eigenvalue weighted by Crippen LogP contribution is -2.46. The number of para-hydroxylation sites is 1. The minimum absolute atomic E-state index is 0.128. The van der Waals surface area contributed by atoms with Crippen molar-refractivity contribution in [2.45, 2.75) is 38.8 Å². The Labute approximate surface area is 213 Å². The number of piperazine rings is 1. The average Bonchev–Trinajstić information content (AvgIpc) is 3.36. The highest BCUT2D eigenvalue weighted by Gasteiger charge is 2.22. The molecule has 2 aliphatic heterocycles. The molecule has 0 bridgehead atoms. The molecule has 190 valence electrons. The van der Waals surface area contributed by atoms with Gasteiger partial charge in [-0.3, -0.25) is 4.90 Å². The average molecular weight is 491 g/mol. The molecular weight excluding hydrogens is 455 g/mol. The largest absolute Gasteiger partial charge is 0.485 e. The number of benzene rings is 3. The van der Waals surface area contributed by atoms with E-state index in [4.69, 9.17) is 14.2 Å². The van der Waals surface area contributed by atoms with Gasteiger partial charge in [-0.05, 0) is 52.9 Å². The minimum Gasteiger partial charge on any atom is -0.485 e. The summed E-state index contributed by atoms with van der Waals surface area (Å²) in [6.07, 6.45) is 0.720. The molecule has 3 aromatic carbocycles. The summed E-state index contributed by atoms with van der Waals surface area (Å²) in [6.45, 7) is 10.6. The van der Waals surface area contributed by atoms with Crippen molar-refractivity contribution in [2.24, 2.45) is 0 Å². The Hall–Kier alpha value is -3.09. The normalized spacial score (nSPS) is 16.9. The molecule has 3 aromatic rings. The van der Waals surface area contributed by atoms with E-state index >= 15 is 0 Å². The third-order valence-corrected chi connectivity index (χ3v) is 7.07.